The van der Waals surface area contributed by atoms with E-state index in [9.17, 15) is 8.42 Å². The van der Waals surface area contributed by atoms with Gasteiger partial charge in [-0.2, -0.15) is 0 Å². The molecule has 3 rings (SSSR count). The zero-order chi connectivity index (χ0) is 17.3. The molecule has 1 aliphatic rings. The summed E-state index contributed by atoms with van der Waals surface area (Å²) in [5.74, 6) is 0.395. The van der Waals surface area contributed by atoms with Gasteiger partial charge in [0.1, 0.15) is 5.75 Å². The van der Waals surface area contributed by atoms with Crippen LogP contribution in [-0.4, -0.2) is 15.5 Å². The molecule has 0 unspecified atom stereocenters. The van der Waals surface area contributed by atoms with Gasteiger partial charge in [-0.15, -0.1) is 0 Å². The van der Waals surface area contributed by atoms with Crippen LogP contribution in [-0.2, 0) is 22.9 Å². The molecule has 0 atom stereocenters. The van der Waals surface area contributed by atoms with Crippen molar-refractivity contribution in [3.8, 4) is 5.75 Å². The lowest BCUT2D eigenvalue weighted by Gasteiger charge is -2.18. The number of hydrogen-bond acceptors (Lipinski definition) is 3. The van der Waals surface area contributed by atoms with E-state index in [2.05, 4.69) is 4.72 Å². The van der Waals surface area contributed by atoms with E-state index in [0.29, 0.717) is 16.5 Å². The van der Waals surface area contributed by atoms with Crippen molar-refractivity contribution in [3.63, 3.8) is 0 Å². The second-order valence-electron chi connectivity index (χ2n) is 6.04. The van der Waals surface area contributed by atoms with Crippen molar-refractivity contribution >= 4 is 27.3 Å². The van der Waals surface area contributed by atoms with Gasteiger partial charge in [-0.3, -0.25) is 4.72 Å². The van der Waals surface area contributed by atoms with E-state index in [0.717, 1.165) is 30.4 Å². The molecule has 2 aromatic rings. The average molecular weight is 366 g/mol. The van der Waals surface area contributed by atoms with Gasteiger partial charge in [-0.05, 0) is 67.5 Å². The lowest BCUT2D eigenvalue weighted by atomic mass is 9.92. The van der Waals surface area contributed by atoms with Crippen LogP contribution in [0.25, 0.3) is 0 Å². The molecule has 24 heavy (non-hydrogen) atoms. The maximum absolute atomic E-state index is 12.8. The van der Waals surface area contributed by atoms with E-state index in [4.69, 9.17) is 16.3 Å². The molecule has 0 bridgehead atoms. The molecule has 128 valence electrons. The van der Waals surface area contributed by atoms with Crippen LogP contribution in [0.5, 0.6) is 5.75 Å². The monoisotopic (exact) mass is 365 g/mol. The number of anilines is 1. The van der Waals surface area contributed by atoms with Gasteiger partial charge in [-0.1, -0.05) is 17.7 Å². The normalized spacial score (nSPS) is 14.1. The number of hydrogen-bond donors (Lipinski definition) is 1. The number of aryl methyl sites for hydroxylation is 3. The summed E-state index contributed by atoms with van der Waals surface area (Å²) >= 11 is 6.07. The zero-order valence-corrected chi connectivity index (χ0v) is 15.3. The molecule has 0 saturated heterocycles. The molecule has 6 heteroatoms. The van der Waals surface area contributed by atoms with Crippen molar-refractivity contribution in [3.05, 3.63) is 52.0 Å². The Morgan fingerprint density at radius 1 is 1.08 bits per heavy atom. The number of fused-ring (bicyclic) bond motifs is 1. The summed E-state index contributed by atoms with van der Waals surface area (Å²) in [6.07, 6.45) is 4.22. The SMILES string of the molecule is COc1cc(Cl)c(C)cc1NS(=O)(=O)c1ccc2c(c1)CCCC2. The van der Waals surface area contributed by atoms with Crippen LogP contribution in [0.3, 0.4) is 0 Å². The Labute approximate surface area is 147 Å². The Morgan fingerprint density at radius 3 is 2.50 bits per heavy atom. The van der Waals surface area contributed by atoms with Gasteiger partial charge in [-0.25, -0.2) is 8.42 Å². The molecule has 0 radical (unpaired) electrons. The van der Waals surface area contributed by atoms with Gasteiger partial charge in [0.15, 0.2) is 0 Å². The van der Waals surface area contributed by atoms with Crippen LogP contribution < -0.4 is 9.46 Å². The summed E-state index contributed by atoms with van der Waals surface area (Å²) in [6.45, 7) is 1.82. The van der Waals surface area contributed by atoms with Gasteiger partial charge < -0.3 is 4.74 Å². The standard InChI is InChI=1S/C18H20ClNO3S/c1-12-9-17(18(23-2)11-16(12)19)20-24(21,22)15-8-7-13-5-3-4-6-14(13)10-15/h7-11,20H,3-6H2,1-2H3. The average Bonchev–Trinajstić information content (AvgIpc) is 2.57. The number of benzene rings is 2. The van der Waals surface area contributed by atoms with Crippen LogP contribution in [0.1, 0.15) is 29.5 Å². The molecular weight excluding hydrogens is 346 g/mol. The van der Waals surface area contributed by atoms with Gasteiger partial charge in [0, 0.05) is 11.1 Å². The van der Waals surface area contributed by atoms with Crippen molar-refractivity contribution in [1.82, 2.24) is 0 Å². The molecule has 0 heterocycles. The van der Waals surface area contributed by atoms with E-state index in [-0.39, 0.29) is 4.90 Å². The van der Waals surface area contributed by atoms with E-state index >= 15 is 0 Å². The maximum atomic E-state index is 12.8. The minimum atomic E-state index is -3.68. The third kappa shape index (κ3) is 3.37. The molecule has 4 nitrogen and oxygen atoms in total. The van der Waals surface area contributed by atoms with Gasteiger partial charge in [0.2, 0.25) is 0 Å². The van der Waals surface area contributed by atoms with E-state index < -0.39 is 10.0 Å². The number of methoxy groups -OCH3 is 1. The zero-order valence-electron chi connectivity index (χ0n) is 13.7. The van der Waals surface area contributed by atoms with Crippen molar-refractivity contribution in [2.24, 2.45) is 0 Å². The summed E-state index contributed by atoms with van der Waals surface area (Å²) in [7, 11) is -2.20. The van der Waals surface area contributed by atoms with Crippen LogP contribution in [0, 0.1) is 6.92 Å². The first-order chi connectivity index (χ1) is 11.4. The van der Waals surface area contributed by atoms with Crippen LogP contribution >= 0.6 is 11.6 Å². The maximum Gasteiger partial charge on any atom is 0.262 e. The first-order valence-corrected chi connectivity index (χ1v) is 9.75. The number of ether oxygens (including phenoxy) is 1. The Kier molecular flexibility index (Phi) is 4.74. The fourth-order valence-corrected chi connectivity index (χ4v) is 4.26. The van der Waals surface area contributed by atoms with Crippen molar-refractivity contribution in [1.29, 1.82) is 0 Å². The fourth-order valence-electron chi connectivity index (χ4n) is 2.99. The summed E-state index contributed by atoms with van der Waals surface area (Å²) < 4.78 is 33.4. The molecule has 0 aliphatic heterocycles. The predicted octanol–water partition coefficient (Wildman–Crippen LogP) is 4.34. The van der Waals surface area contributed by atoms with Gasteiger partial charge in [0.25, 0.3) is 10.0 Å². The lowest BCUT2D eigenvalue weighted by Crippen LogP contribution is -2.15. The number of sulfonamides is 1. The summed E-state index contributed by atoms with van der Waals surface area (Å²) in [6, 6.07) is 8.67. The van der Waals surface area contributed by atoms with E-state index in [1.807, 2.05) is 13.0 Å². The lowest BCUT2D eigenvalue weighted by molar-refractivity contribution is 0.417. The highest BCUT2D eigenvalue weighted by Crippen LogP contribution is 2.33. The van der Waals surface area contributed by atoms with Gasteiger partial charge in [0.05, 0.1) is 17.7 Å². The first-order valence-electron chi connectivity index (χ1n) is 7.89. The third-order valence-electron chi connectivity index (χ3n) is 4.36. The predicted molar refractivity (Wildman–Crippen MR) is 96.6 cm³/mol. The Bertz CT molecular complexity index is 878. The highest BCUT2D eigenvalue weighted by Gasteiger charge is 2.20. The van der Waals surface area contributed by atoms with Crippen LogP contribution in [0.15, 0.2) is 35.2 Å². The van der Waals surface area contributed by atoms with E-state index in [1.54, 1.807) is 24.3 Å². The fraction of sp³-hybridized carbons (Fsp3) is 0.333. The molecule has 2 aromatic carbocycles. The molecule has 1 aliphatic carbocycles. The van der Waals surface area contributed by atoms with Crippen molar-refractivity contribution in [2.45, 2.75) is 37.5 Å². The van der Waals surface area contributed by atoms with E-state index in [1.165, 1.54) is 19.1 Å². The third-order valence-corrected chi connectivity index (χ3v) is 6.13. The quantitative estimate of drug-likeness (QED) is 0.876. The minimum absolute atomic E-state index is 0.276. The van der Waals surface area contributed by atoms with Crippen LogP contribution in [0.4, 0.5) is 5.69 Å². The molecule has 1 N–H and O–H groups in total. The topological polar surface area (TPSA) is 55.4 Å². The Balaban J connectivity index is 1.96. The van der Waals surface area contributed by atoms with Crippen molar-refractivity contribution in [2.75, 3.05) is 11.8 Å². The molecule has 0 fully saturated rings. The molecular formula is C18H20ClNO3S. The largest absolute Gasteiger partial charge is 0.495 e. The molecule has 0 saturated carbocycles. The summed E-state index contributed by atoms with van der Waals surface area (Å²) in [4.78, 5) is 0.276. The second-order valence-corrected chi connectivity index (χ2v) is 8.13. The Morgan fingerprint density at radius 2 is 1.79 bits per heavy atom. The van der Waals surface area contributed by atoms with Crippen molar-refractivity contribution < 1.29 is 13.2 Å². The van der Waals surface area contributed by atoms with Crippen LogP contribution in [0.2, 0.25) is 5.02 Å². The smallest absolute Gasteiger partial charge is 0.262 e. The minimum Gasteiger partial charge on any atom is -0.495 e. The summed E-state index contributed by atoms with van der Waals surface area (Å²) in [5, 5.41) is 0.531. The number of rotatable bonds is 4. The highest BCUT2D eigenvalue weighted by atomic mass is 35.5. The Hall–Kier alpha value is -1.72. The molecule has 0 spiro atoms. The molecule has 0 aromatic heterocycles. The van der Waals surface area contributed by atoms with Gasteiger partial charge >= 0.3 is 0 Å². The molecule has 0 amide bonds. The second kappa shape index (κ2) is 6.65. The summed E-state index contributed by atoms with van der Waals surface area (Å²) in [5.41, 5.74) is 3.54. The highest BCUT2D eigenvalue weighted by molar-refractivity contribution is 7.92. The number of nitrogens with one attached hydrogen (secondary N) is 1. The number of halogens is 1. The first kappa shape index (κ1) is 17.1.